The van der Waals surface area contributed by atoms with E-state index in [1.807, 2.05) is 6.07 Å². The molecule has 2 aromatic rings. The van der Waals surface area contributed by atoms with E-state index in [4.69, 9.17) is 0 Å². The van der Waals surface area contributed by atoms with Crippen LogP contribution in [0.1, 0.15) is 30.6 Å². The number of benzene rings is 1. The molecule has 6 heteroatoms. The van der Waals surface area contributed by atoms with E-state index in [0.717, 1.165) is 17.9 Å². The normalized spacial score (nSPS) is 11.6. The molecule has 0 aliphatic heterocycles. The van der Waals surface area contributed by atoms with Crippen LogP contribution in [0, 0.1) is 0 Å². The number of esters is 1. The zero-order valence-electron chi connectivity index (χ0n) is 13.0. The van der Waals surface area contributed by atoms with E-state index in [1.165, 1.54) is 13.4 Å². The predicted molar refractivity (Wildman–Crippen MR) is 86.5 cm³/mol. The fraction of sp³-hybridized carbons (Fsp3) is 0.312. The first kappa shape index (κ1) is 15.8. The van der Waals surface area contributed by atoms with E-state index >= 15 is 0 Å². The number of ether oxygens (including phenoxy) is 1. The molecule has 0 aliphatic carbocycles. The van der Waals surface area contributed by atoms with Crippen molar-refractivity contribution in [1.29, 1.82) is 0 Å². The van der Waals surface area contributed by atoms with Crippen LogP contribution in [0.5, 0.6) is 0 Å². The Labute approximate surface area is 129 Å². The highest BCUT2D eigenvalue weighted by atomic mass is 16.5. The summed E-state index contributed by atoms with van der Waals surface area (Å²) in [4.78, 5) is 19.8. The van der Waals surface area contributed by atoms with Crippen LogP contribution in [0.4, 0.5) is 17.3 Å². The Morgan fingerprint density at radius 3 is 2.55 bits per heavy atom. The summed E-state index contributed by atoms with van der Waals surface area (Å²) in [5.41, 5.74) is 1.34. The maximum Gasteiger partial charge on any atom is 0.337 e. The van der Waals surface area contributed by atoms with Crippen LogP contribution >= 0.6 is 0 Å². The van der Waals surface area contributed by atoms with Crippen LogP contribution in [0.15, 0.2) is 36.7 Å². The number of hydrogen-bond donors (Lipinski definition) is 2. The Bertz CT molecular complexity index is 628. The smallest absolute Gasteiger partial charge is 0.337 e. The zero-order valence-corrected chi connectivity index (χ0v) is 13.0. The van der Waals surface area contributed by atoms with Gasteiger partial charge in [0.05, 0.1) is 12.7 Å². The molecule has 1 atom stereocenters. The third-order valence-corrected chi connectivity index (χ3v) is 3.25. The highest BCUT2D eigenvalue weighted by molar-refractivity contribution is 5.89. The van der Waals surface area contributed by atoms with Crippen LogP contribution in [0.25, 0.3) is 0 Å². The number of nitrogens with zero attached hydrogens (tertiary/aromatic N) is 2. The van der Waals surface area contributed by atoms with Crippen LogP contribution in [-0.2, 0) is 4.74 Å². The summed E-state index contributed by atoms with van der Waals surface area (Å²) in [6.07, 6.45) is 2.53. The Balaban J connectivity index is 2.07. The minimum Gasteiger partial charge on any atom is -0.465 e. The number of carbonyl (C=O) groups is 1. The number of methoxy groups -OCH3 is 1. The van der Waals surface area contributed by atoms with Gasteiger partial charge in [-0.15, -0.1) is 0 Å². The Morgan fingerprint density at radius 1 is 1.23 bits per heavy atom. The molecule has 2 N–H and O–H groups in total. The molecule has 0 saturated heterocycles. The Kier molecular flexibility index (Phi) is 5.30. The number of nitrogens with one attached hydrogen (secondary N) is 2. The van der Waals surface area contributed by atoms with Gasteiger partial charge in [0.15, 0.2) is 0 Å². The third-order valence-electron chi connectivity index (χ3n) is 3.25. The molecule has 1 heterocycles. The highest BCUT2D eigenvalue weighted by Crippen LogP contribution is 2.17. The van der Waals surface area contributed by atoms with E-state index in [0.29, 0.717) is 17.4 Å². The second-order valence-corrected chi connectivity index (χ2v) is 4.94. The summed E-state index contributed by atoms with van der Waals surface area (Å²) >= 11 is 0. The lowest BCUT2D eigenvalue weighted by atomic mass is 10.2. The SMILES string of the molecule is CCC(C)Nc1cc(Nc2ccc(C(=O)OC)cc2)ncn1. The summed E-state index contributed by atoms with van der Waals surface area (Å²) in [6, 6.07) is 9.20. The molecule has 0 fully saturated rings. The maximum atomic E-state index is 11.4. The van der Waals surface area contributed by atoms with Gasteiger partial charge in [0.1, 0.15) is 18.0 Å². The van der Waals surface area contributed by atoms with Crippen molar-refractivity contribution in [2.45, 2.75) is 26.3 Å². The van der Waals surface area contributed by atoms with Crippen molar-refractivity contribution < 1.29 is 9.53 Å². The maximum absolute atomic E-state index is 11.4. The molecule has 1 aromatic heterocycles. The Hall–Kier alpha value is -2.63. The van der Waals surface area contributed by atoms with Gasteiger partial charge in [-0.1, -0.05) is 6.92 Å². The first-order chi connectivity index (χ1) is 10.6. The van der Waals surface area contributed by atoms with Crippen molar-refractivity contribution in [1.82, 2.24) is 9.97 Å². The van der Waals surface area contributed by atoms with Gasteiger partial charge in [0.25, 0.3) is 0 Å². The average molecular weight is 300 g/mol. The Morgan fingerprint density at radius 2 is 1.91 bits per heavy atom. The summed E-state index contributed by atoms with van der Waals surface area (Å²) in [6.45, 7) is 4.21. The first-order valence-corrected chi connectivity index (χ1v) is 7.16. The van der Waals surface area contributed by atoms with E-state index in [-0.39, 0.29) is 5.97 Å². The molecule has 0 aliphatic rings. The second kappa shape index (κ2) is 7.40. The summed E-state index contributed by atoms with van der Waals surface area (Å²) in [5, 5.41) is 6.47. The molecule has 0 spiro atoms. The molecule has 1 aromatic carbocycles. The van der Waals surface area contributed by atoms with Crippen LogP contribution in [0.3, 0.4) is 0 Å². The standard InChI is InChI=1S/C16H20N4O2/c1-4-11(2)19-14-9-15(18-10-17-14)20-13-7-5-12(6-8-13)16(21)22-3/h5-11H,4H2,1-3H3,(H2,17,18,19,20). The molecule has 116 valence electrons. The monoisotopic (exact) mass is 300 g/mol. The lowest BCUT2D eigenvalue weighted by molar-refractivity contribution is 0.0601. The molecule has 2 rings (SSSR count). The fourth-order valence-electron chi connectivity index (χ4n) is 1.81. The molecule has 0 saturated carbocycles. The first-order valence-electron chi connectivity index (χ1n) is 7.16. The summed E-state index contributed by atoms with van der Waals surface area (Å²) in [5.74, 6) is 1.11. The van der Waals surface area contributed by atoms with Crippen molar-refractivity contribution in [2.75, 3.05) is 17.7 Å². The van der Waals surface area contributed by atoms with Gasteiger partial charge < -0.3 is 15.4 Å². The van der Waals surface area contributed by atoms with Gasteiger partial charge in [-0.3, -0.25) is 0 Å². The largest absolute Gasteiger partial charge is 0.465 e. The van der Waals surface area contributed by atoms with Crippen molar-refractivity contribution in [2.24, 2.45) is 0 Å². The lowest BCUT2D eigenvalue weighted by Crippen LogP contribution is -2.14. The molecule has 0 radical (unpaired) electrons. The number of anilines is 3. The van der Waals surface area contributed by atoms with Gasteiger partial charge in [-0.05, 0) is 37.6 Å². The van der Waals surface area contributed by atoms with E-state index < -0.39 is 0 Å². The summed E-state index contributed by atoms with van der Waals surface area (Å²) < 4.78 is 4.67. The number of carbonyl (C=O) groups excluding carboxylic acids is 1. The van der Waals surface area contributed by atoms with E-state index in [9.17, 15) is 4.79 Å². The number of hydrogen-bond acceptors (Lipinski definition) is 6. The molecule has 1 unspecified atom stereocenters. The highest BCUT2D eigenvalue weighted by Gasteiger charge is 2.06. The molecular weight excluding hydrogens is 280 g/mol. The van der Waals surface area contributed by atoms with Crippen molar-refractivity contribution in [3.8, 4) is 0 Å². The topological polar surface area (TPSA) is 76.1 Å². The zero-order chi connectivity index (χ0) is 15.9. The number of rotatable bonds is 6. The fourth-order valence-corrected chi connectivity index (χ4v) is 1.81. The lowest BCUT2D eigenvalue weighted by Gasteiger charge is -2.13. The van der Waals surface area contributed by atoms with Gasteiger partial charge >= 0.3 is 5.97 Å². The van der Waals surface area contributed by atoms with Crippen LogP contribution in [-0.4, -0.2) is 29.1 Å². The predicted octanol–water partition coefficient (Wildman–Crippen LogP) is 3.22. The summed E-state index contributed by atoms with van der Waals surface area (Å²) in [7, 11) is 1.36. The van der Waals surface area contributed by atoms with E-state index in [2.05, 4.69) is 39.2 Å². The molecule has 22 heavy (non-hydrogen) atoms. The van der Waals surface area contributed by atoms with Crippen molar-refractivity contribution in [3.05, 3.63) is 42.2 Å². The van der Waals surface area contributed by atoms with Crippen LogP contribution in [0.2, 0.25) is 0 Å². The average Bonchev–Trinajstić information content (AvgIpc) is 2.55. The van der Waals surface area contributed by atoms with E-state index in [1.54, 1.807) is 24.3 Å². The van der Waals surface area contributed by atoms with Gasteiger partial charge in [-0.25, -0.2) is 14.8 Å². The van der Waals surface area contributed by atoms with Gasteiger partial charge in [0.2, 0.25) is 0 Å². The molecule has 0 bridgehead atoms. The quantitative estimate of drug-likeness (QED) is 0.798. The minimum absolute atomic E-state index is 0.349. The van der Waals surface area contributed by atoms with Gasteiger partial charge in [-0.2, -0.15) is 0 Å². The third kappa shape index (κ3) is 4.18. The minimum atomic E-state index is -0.353. The number of aromatic nitrogens is 2. The molecular formula is C16H20N4O2. The second-order valence-electron chi connectivity index (χ2n) is 4.94. The molecule has 0 amide bonds. The van der Waals surface area contributed by atoms with Crippen LogP contribution < -0.4 is 10.6 Å². The van der Waals surface area contributed by atoms with Crippen molar-refractivity contribution >= 4 is 23.3 Å². The van der Waals surface area contributed by atoms with Crippen molar-refractivity contribution in [3.63, 3.8) is 0 Å². The van der Waals surface area contributed by atoms with Gasteiger partial charge in [0, 0.05) is 17.8 Å². The molecule has 6 nitrogen and oxygen atoms in total.